The molecule has 26 heavy (non-hydrogen) atoms. The van der Waals surface area contributed by atoms with Crippen molar-refractivity contribution in [1.82, 2.24) is 4.90 Å². The molecule has 1 heterocycles. The Morgan fingerprint density at radius 1 is 1.19 bits per heavy atom. The Hall–Kier alpha value is -2.24. The van der Waals surface area contributed by atoms with Gasteiger partial charge in [-0.1, -0.05) is 55.8 Å². The van der Waals surface area contributed by atoms with Gasteiger partial charge in [-0.2, -0.15) is 0 Å². The number of carbonyl (C=O) groups is 1. The van der Waals surface area contributed by atoms with Crippen molar-refractivity contribution in [3.63, 3.8) is 0 Å². The second kappa shape index (κ2) is 7.98. The number of benzene rings is 2. The van der Waals surface area contributed by atoms with Crippen LogP contribution in [0.3, 0.4) is 0 Å². The molecule has 0 aliphatic carbocycles. The van der Waals surface area contributed by atoms with E-state index < -0.39 is 0 Å². The third-order valence-corrected chi connectivity index (χ3v) is 5.05. The lowest BCUT2D eigenvalue weighted by atomic mass is 10.1. The number of amides is 1. The zero-order valence-electron chi connectivity index (χ0n) is 14.5. The van der Waals surface area contributed by atoms with E-state index in [2.05, 4.69) is 18.8 Å². The van der Waals surface area contributed by atoms with Gasteiger partial charge in [0.2, 0.25) is 0 Å². The first-order chi connectivity index (χ1) is 12.5. The summed E-state index contributed by atoms with van der Waals surface area (Å²) in [5.41, 5.74) is 1.23. The highest BCUT2D eigenvalue weighted by Crippen LogP contribution is 2.36. The summed E-state index contributed by atoms with van der Waals surface area (Å²) < 4.78 is 0. The van der Waals surface area contributed by atoms with Crippen molar-refractivity contribution in [2.75, 3.05) is 6.54 Å². The number of amidine groups is 1. The zero-order chi connectivity index (χ0) is 18.7. The maximum atomic E-state index is 12.9. The molecule has 6 heteroatoms. The monoisotopic (exact) mass is 386 g/mol. The Bertz CT molecular complexity index is 893. The predicted molar refractivity (Wildman–Crippen MR) is 109 cm³/mol. The summed E-state index contributed by atoms with van der Waals surface area (Å²) in [6, 6.07) is 14.2. The van der Waals surface area contributed by atoms with E-state index in [4.69, 9.17) is 11.6 Å². The number of aliphatic imine (C=N–C) groups is 1. The van der Waals surface area contributed by atoms with Gasteiger partial charge in [-0.15, -0.1) is 0 Å². The number of thioether (sulfide) groups is 1. The quantitative estimate of drug-likeness (QED) is 0.725. The molecular weight excluding hydrogens is 368 g/mol. The van der Waals surface area contributed by atoms with Crippen LogP contribution in [-0.4, -0.2) is 27.6 Å². The lowest BCUT2D eigenvalue weighted by Crippen LogP contribution is -2.32. The highest BCUT2D eigenvalue weighted by molar-refractivity contribution is 8.18. The van der Waals surface area contributed by atoms with Crippen molar-refractivity contribution in [1.29, 1.82) is 0 Å². The molecule has 2 aromatic rings. The molecule has 1 amide bonds. The van der Waals surface area contributed by atoms with E-state index in [1.165, 1.54) is 11.8 Å². The van der Waals surface area contributed by atoms with Gasteiger partial charge in [0.15, 0.2) is 5.17 Å². The highest BCUT2D eigenvalue weighted by Gasteiger charge is 2.34. The molecular formula is C20H19ClN2O2S. The largest absolute Gasteiger partial charge is 0.507 e. The Labute approximate surface area is 162 Å². The first kappa shape index (κ1) is 18.5. The standard InChI is InChI=1S/C20H19ClN2O2S/c1-13(2)12-23-19(25)18(11-14-7-3-6-10-17(14)24)26-20(23)22-16-9-5-4-8-15(16)21/h3-11,13,24H,12H2,1-2H3/b18-11+,22-20?. The number of phenols is 1. The normalized spacial score (nSPS) is 17.7. The van der Waals surface area contributed by atoms with E-state index in [1.807, 2.05) is 24.3 Å². The van der Waals surface area contributed by atoms with Gasteiger partial charge in [-0.25, -0.2) is 4.99 Å². The van der Waals surface area contributed by atoms with Crippen LogP contribution in [-0.2, 0) is 4.79 Å². The number of halogens is 1. The molecule has 0 aromatic heterocycles. The number of hydrogen-bond acceptors (Lipinski definition) is 4. The molecule has 0 spiro atoms. The smallest absolute Gasteiger partial charge is 0.266 e. The van der Waals surface area contributed by atoms with Gasteiger partial charge in [0.1, 0.15) is 5.75 Å². The molecule has 134 valence electrons. The summed E-state index contributed by atoms with van der Waals surface area (Å²) in [5, 5.41) is 11.1. The number of phenolic OH excluding ortho intramolecular Hbond substituents is 1. The summed E-state index contributed by atoms with van der Waals surface area (Å²) in [7, 11) is 0. The second-order valence-electron chi connectivity index (χ2n) is 6.32. The molecule has 0 unspecified atom stereocenters. The van der Waals surface area contributed by atoms with Crippen molar-refractivity contribution in [2.45, 2.75) is 13.8 Å². The predicted octanol–water partition coefficient (Wildman–Crippen LogP) is 5.31. The van der Waals surface area contributed by atoms with E-state index >= 15 is 0 Å². The molecule has 0 saturated carbocycles. The number of rotatable bonds is 4. The van der Waals surface area contributed by atoms with Crippen LogP contribution >= 0.6 is 23.4 Å². The van der Waals surface area contributed by atoms with Crippen LogP contribution in [0.1, 0.15) is 19.4 Å². The van der Waals surface area contributed by atoms with Crippen molar-refractivity contribution in [3.8, 4) is 5.75 Å². The summed E-state index contributed by atoms with van der Waals surface area (Å²) in [6.45, 7) is 4.67. The fraction of sp³-hybridized carbons (Fsp3) is 0.200. The summed E-state index contributed by atoms with van der Waals surface area (Å²) >= 11 is 7.51. The van der Waals surface area contributed by atoms with E-state index in [0.29, 0.717) is 38.8 Å². The van der Waals surface area contributed by atoms with Crippen LogP contribution in [0, 0.1) is 5.92 Å². The number of para-hydroxylation sites is 2. The fourth-order valence-electron chi connectivity index (χ4n) is 2.51. The number of nitrogens with zero attached hydrogens (tertiary/aromatic N) is 2. The molecule has 0 bridgehead atoms. The SMILES string of the molecule is CC(C)CN1C(=O)/C(=C\c2ccccc2O)SC1=Nc1ccccc1Cl. The van der Waals surface area contributed by atoms with Crippen molar-refractivity contribution in [3.05, 3.63) is 64.0 Å². The Morgan fingerprint density at radius 3 is 2.58 bits per heavy atom. The van der Waals surface area contributed by atoms with Crippen LogP contribution in [0.2, 0.25) is 5.02 Å². The van der Waals surface area contributed by atoms with E-state index in [0.717, 1.165) is 0 Å². The maximum Gasteiger partial charge on any atom is 0.266 e. The van der Waals surface area contributed by atoms with E-state index in [9.17, 15) is 9.90 Å². The topological polar surface area (TPSA) is 52.9 Å². The Morgan fingerprint density at radius 2 is 1.88 bits per heavy atom. The third-order valence-electron chi connectivity index (χ3n) is 3.73. The molecule has 1 fully saturated rings. The van der Waals surface area contributed by atoms with Gasteiger partial charge in [-0.3, -0.25) is 9.69 Å². The van der Waals surface area contributed by atoms with Crippen molar-refractivity contribution < 1.29 is 9.90 Å². The number of aromatic hydroxyl groups is 1. The van der Waals surface area contributed by atoms with Gasteiger partial charge in [-0.05, 0) is 42.0 Å². The maximum absolute atomic E-state index is 12.9. The minimum absolute atomic E-state index is 0.113. The Balaban J connectivity index is 2.00. The molecule has 3 rings (SSSR count). The highest BCUT2D eigenvalue weighted by atomic mass is 35.5. The van der Waals surface area contributed by atoms with Crippen LogP contribution in [0.25, 0.3) is 6.08 Å². The minimum Gasteiger partial charge on any atom is -0.507 e. The molecule has 1 aliphatic rings. The molecule has 0 radical (unpaired) electrons. The van der Waals surface area contributed by atoms with Gasteiger partial charge in [0, 0.05) is 12.1 Å². The lowest BCUT2D eigenvalue weighted by molar-refractivity contribution is -0.122. The Kier molecular flexibility index (Phi) is 5.69. The van der Waals surface area contributed by atoms with Crippen molar-refractivity contribution in [2.24, 2.45) is 10.9 Å². The third kappa shape index (κ3) is 4.11. The molecule has 2 aromatic carbocycles. The molecule has 1 saturated heterocycles. The van der Waals surface area contributed by atoms with Gasteiger partial charge >= 0.3 is 0 Å². The average molecular weight is 387 g/mol. The first-order valence-corrected chi connectivity index (χ1v) is 9.48. The molecule has 1 N–H and O–H groups in total. The van der Waals surface area contributed by atoms with Gasteiger partial charge < -0.3 is 5.11 Å². The van der Waals surface area contributed by atoms with Crippen LogP contribution < -0.4 is 0 Å². The van der Waals surface area contributed by atoms with Crippen LogP contribution in [0.5, 0.6) is 5.75 Å². The lowest BCUT2D eigenvalue weighted by Gasteiger charge is -2.17. The van der Waals surface area contributed by atoms with E-state index in [1.54, 1.807) is 35.2 Å². The molecule has 4 nitrogen and oxygen atoms in total. The van der Waals surface area contributed by atoms with Crippen molar-refractivity contribution >= 4 is 46.2 Å². The molecule has 0 atom stereocenters. The first-order valence-electron chi connectivity index (χ1n) is 8.28. The zero-order valence-corrected chi connectivity index (χ0v) is 16.1. The number of carbonyl (C=O) groups excluding carboxylic acids is 1. The second-order valence-corrected chi connectivity index (χ2v) is 7.74. The van der Waals surface area contributed by atoms with Crippen LogP contribution in [0.4, 0.5) is 5.69 Å². The minimum atomic E-state index is -0.113. The fourth-order valence-corrected chi connectivity index (χ4v) is 3.68. The summed E-state index contributed by atoms with van der Waals surface area (Å²) in [6.07, 6.45) is 1.70. The average Bonchev–Trinajstić information content (AvgIpc) is 2.87. The van der Waals surface area contributed by atoms with Gasteiger partial charge in [0.25, 0.3) is 5.91 Å². The number of hydrogen-bond donors (Lipinski definition) is 1. The van der Waals surface area contributed by atoms with E-state index in [-0.39, 0.29) is 11.7 Å². The molecule has 1 aliphatic heterocycles. The summed E-state index contributed by atoms with van der Waals surface area (Å²) in [5.74, 6) is 0.318. The summed E-state index contributed by atoms with van der Waals surface area (Å²) in [4.78, 5) is 19.7. The van der Waals surface area contributed by atoms with Gasteiger partial charge in [0.05, 0.1) is 15.6 Å². The van der Waals surface area contributed by atoms with Crippen LogP contribution in [0.15, 0.2) is 58.4 Å².